The van der Waals surface area contributed by atoms with Crippen LogP contribution >= 0.6 is 11.6 Å². The number of rotatable bonds is 6. The quantitative estimate of drug-likeness (QED) is 0.645. The maximum absolute atomic E-state index is 12.1. The molecule has 0 saturated carbocycles. The van der Waals surface area contributed by atoms with E-state index in [0.717, 1.165) is 0 Å². The minimum absolute atomic E-state index is 0.298. The van der Waals surface area contributed by atoms with E-state index < -0.39 is 18.0 Å². The molecule has 2 aromatic rings. The molecule has 0 unspecified atom stereocenters. The monoisotopic (exact) mass is 345 g/mol. The Bertz CT molecular complexity index is 728. The number of esters is 1. The zero-order valence-electron chi connectivity index (χ0n) is 13.0. The summed E-state index contributed by atoms with van der Waals surface area (Å²) in [6.07, 6.45) is -0.924. The summed E-state index contributed by atoms with van der Waals surface area (Å²) in [5.74, 6) is -1.41. The van der Waals surface area contributed by atoms with E-state index in [1.807, 2.05) is 0 Å². The SMILES string of the molecule is C[C@@H](OC(=O)CNC(=O)c1ccc(Cl)cc1)C(=O)c1ccccc1. The summed E-state index contributed by atoms with van der Waals surface area (Å²) in [5, 5.41) is 2.95. The molecule has 0 radical (unpaired) electrons. The lowest BCUT2D eigenvalue weighted by atomic mass is 10.1. The maximum atomic E-state index is 12.1. The number of amides is 1. The predicted molar refractivity (Wildman–Crippen MR) is 90.1 cm³/mol. The summed E-state index contributed by atoms with van der Waals surface area (Å²) in [7, 11) is 0. The Morgan fingerprint density at radius 3 is 2.25 bits per heavy atom. The van der Waals surface area contributed by atoms with Gasteiger partial charge in [0, 0.05) is 16.1 Å². The second-order valence-electron chi connectivity index (χ2n) is 5.05. The van der Waals surface area contributed by atoms with Crippen molar-refractivity contribution in [1.82, 2.24) is 5.32 Å². The zero-order valence-corrected chi connectivity index (χ0v) is 13.7. The smallest absolute Gasteiger partial charge is 0.326 e. The molecule has 0 spiro atoms. The van der Waals surface area contributed by atoms with Crippen molar-refractivity contribution in [1.29, 1.82) is 0 Å². The molecular formula is C18H16ClNO4. The van der Waals surface area contributed by atoms with Crippen LogP contribution in [-0.2, 0) is 9.53 Å². The predicted octanol–water partition coefficient (Wildman–Crippen LogP) is 2.88. The van der Waals surface area contributed by atoms with Crippen LogP contribution in [-0.4, -0.2) is 30.3 Å². The molecule has 0 aliphatic carbocycles. The Kier molecular flexibility index (Phi) is 6.09. The number of benzene rings is 2. The highest BCUT2D eigenvalue weighted by atomic mass is 35.5. The maximum Gasteiger partial charge on any atom is 0.326 e. The standard InChI is InChI=1S/C18H16ClNO4/c1-12(17(22)13-5-3-2-4-6-13)24-16(21)11-20-18(23)14-7-9-15(19)10-8-14/h2-10,12H,11H2,1H3,(H,20,23)/t12-/m1/s1. The van der Waals surface area contributed by atoms with Crippen LogP contribution in [0.15, 0.2) is 54.6 Å². The molecule has 0 fully saturated rings. The van der Waals surface area contributed by atoms with Crippen molar-refractivity contribution in [2.75, 3.05) is 6.54 Å². The molecule has 124 valence electrons. The average Bonchev–Trinajstić information content (AvgIpc) is 2.60. The van der Waals surface area contributed by atoms with Gasteiger partial charge in [-0.2, -0.15) is 0 Å². The number of halogens is 1. The Hall–Kier alpha value is -2.66. The molecule has 0 saturated heterocycles. The number of nitrogens with one attached hydrogen (secondary N) is 1. The number of hydrogen-bond donors (Lipinski definition) is 1. The average molecular weight is 346 g/mol. The van der Waals surface area contributed by atoms with Crippen LogP contribution in [0.5, 0.6) is 0 Å². The first kappa shape index (κ1) is 17.7. The molecule has 0 aliphatic rings. The third kappa shape index (κ3) is 4.93. The van der Waals surface area contributed by atoms with Crippen molar-refractivity contribution in [3.63, 3.8) is 0 Å². The highest BCUT2D eigenvalue weighted by Crippen LogP contribution is 2.09. The molecule has 6 heteroatoms. The van der Waals surface area contributed by atoms with E-state index in [1.165, 1.54) is 6.92 Å². The van der Waals surface area contributed by atoms with Crippen LogP contribution < -0.4 is 5.32 Å². The molecule has 5 nitrogen and oxygen atoms in total. The van der Waals surface area contributed by atoms with Crippen molar-refractivity contribution in [3.8, 4) is 0 Å². The summed E-state index contributed by atoms with van der Waals surface area (Å²) in [5.41, 5.74) is 0.837. The highest BCUT2D eigenvalue weighted by Gasteiger charge is 2.19. The van der Waals surface area contributed by atoms with Crippen LogP contribution in [0, 0.1) is 0 Å². The van der Waals surface area contributed by atoms with Gasteiger partial charge in [0.05, 0.1) is 0 Å². The minimum atomic E-state index is -0.924. The molecule has 0 heterocycles. The first-order valence-corrected chi connectivity index (χ1v) is 7.67. The molecule has 1 atom stereocenters. The van der Waals surface area contributed by atoms with E-state index in [-0.39, 0.29) is 12.3 Å². The number of ether oxygens (including phenoxy) is 1. The highest BCUT2D eigenvalue weighted by molar-refractivity contribution is 6.30. The lowest BCUT2D eigenvalue weighted by molar-refractivity contribution is -0.145. The molecule has 2 rings (SSSR count). The van der Waals surface area contributed by atoms with Gasteiger partial charge in [-0.15, -0.1) is 0 Å². The number of hydrogen-bond acceptors (Lipinski definition) is 4. The Balaban J connectivity index is 1.83. The second kappa shape index (κ2) is 8.26. The number of carbonyl (C=O) groups is 3. The Labute approximate surface area is 144 Å². The van der Waals surface area contributed by atoms with Crippen LogP contribution in [0.3, 0.4) is 0 Å². The fourth-order valence-corrected chi connectivity index (χ4v) is 2.11. The van der Waals surface area contributed by atoms with Crippen LogP contribution in [0.4, 0.5) is 0 Å². The largest absolute Gasteiger partial charge is 0.453 e. The first-order chi connectivity index (χ1) is 11.5. The summed E-state index contributed by atoms with van der Waals surface area (Å²) < 4.78 is 5.05. The second-order valence-corrected chi connectivity index (χ2v) is 5.49. The normalized spacial score (nSPS) is 11.4. The van der Waals surface area contributed by atoms with E-state index in [4.69, 9.17) is 16.3 Å². The molecule has 1 amide bonds. The Morgan fingerprint density at radius 1 is 1.00 bits per heavy atom. The van der Waals surface area contributed by atoms with Gasteiger partial charge in [0.1, 0.15) is 6.54 Å². The lowest BCUT2D eigenvalue weighted by Crippen LogP contribution is -2.34. The number of carbonyl (C=O) groups excluding carboxylic acids is 3. The van der Waals surface area contributed by atoms with Gasteiger partial charge in [-0.05, 0) is 31.2 Å². The van der Waals surface area contributed by atoms with E-state index in [2.05, 4.69) is 5.32 Å². The van der Waals surface area contributed by atoms with E-state index >= 15 is 0 Å². The van der Waals surface area contributed by atoms with Gasteiger partial charge in [0.15, 0.2) is 6.10 Å². The van der Waals surface area contributed by atoms with Crippen molar-refractivity contribution < 1.29 is 19.1 Å². The summed E-state index contributed by atoms with van der Waals surface area (Å²) in [6, 6.07) is 14.8. The summed E-state index contributed by atoms with van der Waals surface area (Å²) in [6.45, 7) is 1.17. The topological polar surface area (TPSA) is 72.5 Å². The molecule has 24 heavy (non-hydrogen) atoms. The van der Waals surface area contributed by atoms with Gasteiger partial charge in [0.2, 0.25) is 5.78 Å². The fraction of sp³-hybridized carbons (Fsp3) is 0.167. The third-order valence-corrected chi connectivity index (χ3v) is 3.49. The van der Waals surface area contributed by atoms with Crippen molar-refractivity contribution in [2.24, 2.45) is 0 Å². The van der Waals surface area contributed by atoms with Gasteiger partial charge < -0.3 is 10.1 Å². The lowest BCUT2D eigenvalue weighted by Gasteiger charge is -2.12. The van der Waals surface area contributed by atoms with Crippen LogP contribution in [0.25, 0.3) is 0 Å². The van der Waals surface area contributed by atoms with E-state index in [0.29, 0.717) is 16.1 Å². The van der Waals surface area contributed by atoms with Crippen LogP contribution in [0.1, 0.15) is 27.6 Å². The van der Waals surface area contributed by atoms with Crippen molar-refractivity contribution in [3.05, 3.63) is 70.7 Å². The van der Waals surface area contributed by atoms with Crippen molar-refractivity contribution in [2.45, 2.75) is 13.0 Å². The third-order valence-electron chi connectivity index (χ3n) is 3.24. The number of ketones is 1. The molecule has 1 N–H and O–H groups in total. The first-order valence-electron chi connectivity index (χ1n) is 7.30. The zero-order chi connectivity index (χ0) is 17.5. The molecule has 0 bridgehead atoms. The fourth-order valence-electron chi connectivity index (χ4n) is 1.99. The summed E-state index contributed by atoms with van der Waals surface area (Å²) in [4.78, 5) is 35.7. The molecule has 0 aromatic heterocycles. The molecular weight excluding hydrogens is 330 g/mol. The molecule has 2 aromatic carbocycles. The van der Waals surface area contributed by atoms with Gasteiger partial charge in [-0.25, -0.2) is 0 Å². The van der Waals surface area contributed by atoms with Gasteiger partial charge in [-0.1, -0.05) is 41.9 Å². The van der Waals surface area contributed by atoms with Crippen molar-refractivity contribution >= 4 is 29.3 Å². The number of Topliss-reactive ketones (excluding diaryl/α,β-unsaturated/α-hetero) is 1. The van der Waals surface area contributed by atoms with E-state index in [9.17, 15) is 14.4 Å². The molecule has 0 aliphatic heterocycles. The summed E-state index contributed by atoms with van der Waals surface area (Å²) >= 11 is 5.74. The van der Waals surface area contributed by atoms with Crippen LogP contribution in [0.2, 0.25) is 5.02 Å². The van der Waals surface area contributed by atoms with E-state index in [1.54, 1.807) is 54.6 Å². The van der Waals surface area contributed by atoms with Gasteiger partial charge in [-0.3, -0.25) is 14.4 Å². The van der Waals surface area contributed by atoms with Gasteiger partial charge in [0.25, 0.3) is 5.91 Å². The minimum Gasteiger partial charge on any atom is -0.453 e. The van der Waals surface area contributed by atoms with Gasteiger partial charge >= 0.3 is 5.97 Å². The Morgan fingerprint density at radius 2 is 1.62 bits per heavy atom.